The Hall–Kier alpha value is -2.92. The van der Waals surface area contributed by atoms with Crippen molar-refractivity contribution in [2.24, 2.45) is 4.99 Å². The van der Waals surface area contributed by atoms with E-state index in [1.807, 2.05) is 18.2 Å². The number of hydrogen-bond donors (Lipinski definition) is 0. The Bertz CT molecular complexity index is 1090. The van der Waals surface area contributed by atoms with Crippen LogP contribution < -0.4 is 4.74 Å². The third-order valence-electron chi connectivity index (χ3n) is 6.05. The minimum Gasteiger partial charge on any atom is -0.480 e. The number of benzene rings is 1. The molecule has 1 unspecified atom stereocenters. The molecule has 5 rings (SSSR count). The number of methoxy groups -OCH3 is 1. The highest BCUT2D eigenvalue weighted by Gasteiger charge is 2.24. The van der Waals surface area contributed by atoms with Crippen LogP contribution >= 0.6 is 0 Å². The fraction of sp³-hybridized carbons (Fsp3) is 0.360. The van der Waals surface area contributed by atoms with E-state index in [4.69, 9.17) is 14.5 Å². The third kappa shape index (κ3) is 3.65. The Labute approximate surface area is 177 Å². The highest BCUT2D eigenvalue weighted by atomic mass is 16.5. The molecule has 3 aliphatic rings. The molecule has 2 aromatic rings. The number of piperidine rings is 1. The highest BCUT2D eigenvalue weighted by molar-refractivity contribution is 6.12. The Morgan fingerprint density at radius 1 is 1.07 bits per heavy atom. The van der Waals surface area contributed by atoms with Crippen molar-refractivity contribution in [3.8, 4) is 5.88 Å². The highest BCUT2D eigenvalue weighted by Crippen LogP contribution is 2.35. The summed E-state index contributed by atoms with van der Waals surface area (Å²) in [5.41, 5.74) is 4.92. The number of aromatic nitrogens is 1. The van der Waals surface area contributed by atoms with E-state index in [1.165, 1.54) is 19.3 Å². The largest absolute Gasteiger partial charge is 0.480 e. The third-order valence-corrected chi connectivity index (χ3v) is 6.05. The molecule has 0 spiro atoms. The molecule has 3 heterocycles. The monoisotopic (exact) mass is 401 g/mol. The lowest BCUT2D eigenvalue weighted by Crippen LogP contribution is -2.38. The second kappa shape index (κ2) is 8.07. The number of fused-ring (bicyclic) bond motifs is 2. The topological polar surface area (TPSA) is 47.0 Å². The van der Waals surface area contributed by atoms with Crippen molar-refractivity contribution in [2.45, 2.75) is 38.8 Å². The zero-order valence-corrected chi connectivity index (χ0v) is 17.6. The van der Waals surface area contributed by atoms with E-state index in [-0.39, 0.29) is 6.23 Å². The molecule has 2 aliphatic heterocycles. The smallest absolute Gasteiger partial charge is 0.223 e. The van der Waals surface area contributed by atoms with E-state index in [9.17, 15) is 0 Å². The van der Waals surface area contributed by atoms with Crippen LogP contribution in [0.5, 0.6) is 5.88 Å². The first-order valence-electron chi connectivity index (χ1n) is 10.8. The van der Waals surface area contributed by atoms with Gasteiger partial charge in [0.1, 0.15) is 12.0 Å². The molecule has 5 nitrogen and oxygen atoms in total. The van der Waals surface area contributed by atoms with Crippen molar-refractivity contribution in [3.63, 3.8) is 0 Å². The molecular formula is C25H27N3O2. The van der Waals surface area contributed by atoms with Gasteiger partial charge in [0.2, 0.25) is 5.88 Å². The molecule has 30 heavy (non-hydrogen) atoms. The van der Waals surface area contributed by atoms with Crippen molar-refractivity contribution in [1.29, 1.82) is 0 Å². The van der Waals surface area contributed by atoms with Crippen LogP contribution in [-0.4, -0.2) is 42.0 Å². The van der Waals surface area contributed by atoms with Crippen LogP contribution in [0.3, 0.4) is 0 Å². The van der Waals surface area contributed by atoms with Crippen molar-refractivity contribution in [1.82, 2.24) is 9.88 Å². The average molecular weight is 402 g/mol. The van der Waals surface area contributed by atoms with E-state index < -0.39 is 0 Å². The summed E-state index contributed by atoms with van der Waals surface area (Å²) in [6.45, 7) is 4.39. The van der Waals surface area contributed by atoms with Crippen LogP contribution in [0, 0.1) is 0 Å². The van der Waals surface area contributed by atoms with Crippen LogP contribution in [0.1, 0.15) is 38.2 Å². The average Bonchev–Trinajstić information content (AvgIpc) is 3.22. The SMILES string of the molecule is COc1nc2ccccc2cc1C1=CC2=CC(OC(C)N3CCCCC3)=CCC2=N1. The maximum absolute atomic E-state index is 6.27. The zero-order chi connectivity index (χ0) is 20.5. The molecular weight excluding hydrogens is 374 g/mol. The molecule has 1 atom stereocenters. The lowest BCUT2D eigenvalue weighted by Gasteiger charge is -2.32. The molecule has 0 saturated carbocycles. The van der Waals surface area contributed by atoms with Crippen LogP contribution in [0.25, 0.3) is 16.6 Å². The van der Waals surface area contributed by atoms with E-state index in [0.29, 0.717) is 5.88 Å². The van der Waals surface area contributed by atoms with Crippen molar-refractivity contribution >= 4 is 22.3 Å². The number of para-hydroxylation sites is 1. The molecule has 0 bridgehead atoms. The van der Waals surface area contributed by atoms with Crippen LogP contribution in [0.2, 0.25) is 0 Å². The predicted octanol–water partition coefficient (Wildman–Crippen LogP) is 5.10. The lowest BCUT2D eigenvalue weighted by atomic mass is 10.0. The molecule has 1 aromatic heterocycles. The summed E-state index contributed by atoms with van der Waals surface area (Å²) >= 11 is 0. The number of nitrogens with zero attached hydrogens (tertiary/aromatic N) is 3. The van der Waals surface area contributed by atoms with Gasteiger partial charge in [0.05, 0.1) is 29.6 Å². The van der Waals surface area contributed by atoms with Crippen LogP contribution in [0.4, 0.5) is 0 Å². The van der Waals surface area contributed by atoms with Gasteiger partial charge in [0.15, 0.2) is 0 Å². The summed E-state index contributed by atoms with van der Waals surface area (Å²) in [5.74, 6) is 1.54. The lowest BCUT2D eigenvalue weighted by molar-refractivity contribution is -0.0154. The first-order chi connectivity index (χ1) is 14.7. The Morgan fingerprint density at radius 2 is 1.90 bits per heavy atom. The van der Waals surface area contributed by atoms with Gasteiger partial charge in [-0.05, 0) is 50.1 Å². The molecule has 1 fully saturated rings. The molecule has 5 heteroatoms. The quantitative estimate of drug-likeness (QED) is 0.699. The van der Waals surface area contributed by atoms with Crippen LogP contribution in [0.15, 0.2) is 64.9 Å². The summed E-state index contributed by atoms with van der Waals surface area (Å²) in [6.07, 6.45) is 11.1. The summed E-state index contributed by atoms with van der Waals surface area (Å²) in [5, 5.41) is 1.08. The van der Waals surface area contributed by atoms with Crippen LogP contribution in [-0.2, 0) is 4.74 Å². The van der Waals surface area contributed by atoms with E-state index in [0.717, 1.165) is 58.7 Å². The molecule has 0 N–H and O–H groups in total. The maximum atomic E-state index is 6.27. The fourth-order valence-electron chi connectivity index (χ4n) is 4.38. The summed E-state index contributed by atoms with van der Waals surface area (Å²) in [6, 6.07) is 10.2. The normalized spacial score (nSPS) is 20.1. The van der Waals surface area contributed by atoms with Gasteiger partial charge in [0, 0.05) is 30.5 Å². The fourth-order valence-corrected chi connectivity index (χ4v) is 4.38. The molecule has 154 valence electrons. The summed E-state index contributed by atoms with van der Waals surface area (Å²) in [7, 11) is 1.66. The Morgan fingerprint density at radius 3 is 2.73 bits per heavy atom. The van der Waals surface area contributed by atoms with Gasteiger partial charge >= 0.3 is 0 Å². The van der Waals surface area contributed by atoms with Gasteiger partial charge in [0.25, 0.3) is 0 Å². The van der Waals surface area contributed by atoms with Gasteiger partial charge < -0.3 is 9.47 Å². The molecule has 1 saturated heterocycles. The number of aliphatic imine (C=N–C) groups is 1. The molecule has 1 aliphatic carbocycles. The van der Waals surface area contributed by atoms with Crippen molar-refractivity contribution < 1.29 is 9.47 Å². The first kappa shape index (κ1) is 19.1. The van der Waals surface area contributed by atoms with E-state index in [1.54, 1.807) is 7.11 Å². The molecule has 0 radical (unpaired) electrons. The number of hydrogen-bond acceptors (Lipinski definition) is 5. The number of pyridine rings is 1. The number of rotatable bonds is 5. The van der Waals surface area contributed by atoms with Crippen molar-refractivity contribution in [2.75, 3.05) is 20.2 Å². The number of ether oxygens (including phenoxy) is 2. The first-order valence-corrected chi connectivity index (χ1v) is 10.8. The van der Waals surface area contributed by atoms with Gasteiger partial charge in [-0.25, -0.2) is 4.98 Å². The van der Waals surface area contributed by atoms with Gasteiger partial charge in [-0.15, -0.1) is 0 Å². The summed E-state index contributed by atoms with van der Waals surface area (Å²) in [4.78, 5) is 12.0. The Balaban J connectivity index is 1.39. The van der Waals surface area contributed by atoms with Gasteiger partial charge in [-0.3, -0.25) is 9.89 Å². The summed E-state index contributed by atoms with van der Waals surface area (Å²) < 4.78 is 11.8. The minimum atomic E-state index is 0.0986. The van der Waals surface area contributed by atoms with Gasteiger partial charge in [-0.2, -0.15) is 0 Å². The predicted molar refractivity (Wildman–Crippen MR) is 120 cm³/mol. The van der Waals surface area contributed by atoms with Gasteiger partial charge in [-0.1, -0.05) is 24.6 Å². The van der Waals surface area contributed by atoms with E-state index in [2.05, 4.69) is 47.2 Å². The second-order valence-corrected chi connectivity index (χ2v) is 8.05. The maximum Gasteiger partial charge on any atom is 0.223 e. The number of likely N-dealkylation sites (tertiary alicyclic amines) is 1. The second-order valence-electron chi connectivity index (χ2n) is 8.05. The van der Waals surface area contributed by atoms with E-state index >= 15 is 0 Å². The minimum absolute atomic E-state index is 0.0986. The molecule has 1 aromatic carbocycles. The standard InChI is InChI=1S/C25H27N3O2/c1-17(28-12-6-3-7-13-28)30-20-10-11-23-19(14-20)16-24(26-23)21-15-18-8-4-5-9-22(18)27-25(21)29-2/h4-5,8-10,14-17H,3,6-7,11-13H2,1-2H3. The molecule has 0 amide bonds. The van der Waals surface area contributed by atoms with Crippen molar-refractivity contribution in [3.05, 3.63) is 65.5 Å². The number of allylic oxidation sites excluding steroid dienone is 4. The Kier molecular flexibility index (Phi) is 5.13. The zero-order valence-electron chi connectivity index (χ0n) is 17.6.